The molecule has 120 valence electrons. The van der Waals surface area contributed by atoms with Crippen molar-refractivity contribution < 1.29 is 22.8 Å². The van der Waals surface area contributed by atoms with E-state index in [1.165, 1.54) is 4.90 Å². The third-order valence-electron chi connectivity index (χ3n) is 4.29. The number of carbonyl (C=O) groups is 2. The van der Waals surface area contributed by atoms with E-state index in [4.69, 9.17) is 0 Å². The Hall–Kier alpha value is -1.27. The standard InChI is InChI=1S/C14H21F3N2O2/c15-14(16,17)7-9-19-8-6-11(20)18-12(13(19)21)10-4-2-1-3-5-10/h10,12H,1-9H2,(H,18,20). The molecule has 2 fully saturated rings. The Morgan fingerprint density at radius 3 is 2.43 bits per heavy atom. The number of alkyl halides is 3. The molecule has 2 rings (SSSR count). The summed E-state index contributed by atoms with van der Waals surface area (Å²) in [6, 6.07) is -0.645. The zero-order chi connectivity index (χ0) is 15.5. The molecule has 7 heteroatoms. The third-order valence-corrected chi connectivity index (χ3v) is 4.29. The van der Waals surface area contributed by atoms with Gasteiger partial charge in [0.25, 0.3) is 0 Å². The summed E-state index contributed by atoms with van der Waals surface area (Å²) >= 11 is 0. The van der Waals surface area contributed by atoms with Crippen LogP contribution in [0.1, 0.15) is 44.9 Å². The number of amides is 2. The molecule has 21 heavy (non-hydrogen) atoms. The van der Waals surface area contributed by atoms with E-state index in [-0.39, 0.29) is 37.2 Å². The van der Waals surface area contributed by atoms with Crippen molar-refractivity contribution in [2.75, 3.05) is 13.1 Å². The summed E-state index contributed by atoms with van der Waals surface area (Å²) in [7, 11) is 0. The number of carbonyl (C=O) groups excluding carboxylic acids is 2. The molecule has 2 amide bonds. The van der Waals surface area contributed by atoms with Crippen LogP contribution in [-0.2, 0) is 9.59 Å². The monoisotopic (exact) mass is 306 g/mol. The molecule has 1 atom stereocenters. The first-order valence-electron chi connectivity index (χ1n) is 7.52. The molecular formula is C14H21F3N2O2. The molecule has 1 saturated carbocycles. The van der Waals surface area contributed by atoms with Crippen molar-refractivity contribution in [1.82, 2.24) is 10.2 Å². The predicted octanol–water partition coefficient (Wildman–Crippen LogP) is 2.24. The van der Waals surface area contributed by atoms with E-state index < -0.39 is 18.6 Å². The van der Waals surface area contributed by atoms with Gasteiger partial charge in [0, 0.05) is 19.5 Å². The summed E-state index contributed by atoms with van der Waals surface area (Å²) in [5, 5.41) is 2.71. The Morgan fingerprint density at radius 1 is 1.14 bits per heavy atom. The quantitative estimate of drug-likeness (QED) is 0.869. The van der Waals surface area contributed by atoms with E-state index in [1.807, 2.05) is 0 Å². The van der Waals surface area contributed by atoms with Gasteiger partial charge in [-0.05, 0) is 18.8 Å². The molecule has 0 bridgehead atoms. The number of rotatable bonds is 3. The second-order valence-corrected chi connectivity index (χ2v) is 5.88. The van der Waals surface area contributed by atoms with Gasteiger partial charge in [0.1, 0.15) is 6.04 Å². The maximum Gasteiger partial charge on any atom is 0.390 e. The number of nitrogens with one attached hydrogen (secondary N) is 1. The lowest BCUT2D eigenvalue weighted by Gasteiger charge is -2.31. The van der Waals surface area contributed by atoms with Gasteiger partial charge in [-0.2, -0.15) is 13.2 Å². The van der Waals surface area contributed by atoms with Crippen LogP contribution in [0.3, 0.4) is 0 Å². The maximum atomic E-state index is 12.5. The zero-order valence-electron chi connectivity index (χ0n) is 11.9. The highest BCUT2D eigenvalue weighted by molar-refractivity contribution is 5.90. The topological polar surface area (TPSA) is 49.4 Å². The van der Waals surface area contributed by atoms with Crippen molar-refractivity contribution in [3.8, 4) is 0 Å². The van der Waals surface area contributed by atoms with Crippen LogP contribution in [0.15, 0.2) is 0 Å². The first kappa shape index (κ1) is 16.1. The number of halogens is 3. The van der Waals surface area contributed by atoms with Crippen molar-refractivity contribution in [1.29, 1.82) is 0 Å². The van der Waals surface area contributed by atoms with Gasteiger partial charge >= 0.3 is 6.18 Å². The third kappa shape index (κ3) is 4.61. The molecule has 0 aromatic rings. The molecule has 1 aliphatic carbocycles. The van der Waals surface area contributed by atoms with Crippen LogP contribution < -0.4 is 5.32 Å². The summed E-state index contributed by atoms with van der Waals surface area (Å²) in [5.41, 5.74) is 0. The molecule has 0 radical (unpaired) electrons. The van der Waals surface area contributed by atoms with Crippen LogP contribution >= 0.6 is 0 Å². The molecule has 1 N–H and O–H groups in total. The fourth-order valence-electron chi connectivity index (χ4n) is 3.12. The first-order chi connectivity index (χ1) is 9.87. The van der Waals surface area contributed by atoms with Crippen LogP contribution in [0.4, 0.5) is 13.2 Å². The molecule has 1 aliphatic heterocycles. The van der Waals surface area contributed by atoms with Crippen molar-refractivity contribution >= 4 is 11.8 Å². The Morgan fingerprint density at radius 2 is 1.81 bits per heavy atom. The van der Waals surface area contributed by atoms with Crippen LogP contribution in [0.25, 0.3) is 0 Å². The maximum absolute atomic E-state index is 12.5. The minimum absolute atomic E-state index is 0.0571. The van der Waals surface area contributed by atoms with Crippen LogP contribution in [0.2, 0.25) is 0 Å². The van der Waals surface area contributed by atoms with Gasteiger partial charge < -0.3 is 10.2 Å². The molecule has 0 spiro atoms. The van der Waals surface area contributed by atoms with Gasteiger partial charge in [-0.1, -0.05) is 19.3 Å². The molecule has 2 aliphatic rings. The van der Waals surface area contributed by atoms with E-state index in [2.05, 4.69) is 5.32 Å². The van der Waals surface area contributed by atoms with E-state index in [9.17, 15) is 22.8 Å². The van der Waals surface area contributed by atoms with Gasteiger partial charge in [-0.3, -0.25) is 9.59 Å². The number of hydrogen-bond donors (Lipinski definition) is 1. The Bertz CT molecular complexity index is 392. The molecule has 1 saturated heterocycles. The fourth-order valence-corrected chi connectivity index (χ4v) is 3.12. The molecule has 1 unspecified atom stereocenters. The lowest BCUT2D eigenvalue weighted by atomic mass is 9.83. The molecule has 0 aromatic heterocycles. The van der Waals surface area contributed by atoms with Gasteiger partial charge in [-0.15, -0.1) is 0 Å². The Balaban J connectivity index is 2.04. The molecule has 4 nitrogen and oxygen atoms in total. The second kappa shape index (κ2) is 6.66. The SMILES string of the molecule is O=C1CCN(CCC(F)(F)F)C(=O)C(C2CCCCC2)N1. The summed E-state index contributed by atoms with van der Waals surface area (Å²) < 4.78 is 37.0. The van der Waals surface area contributed by atoms with Crippen LogP contribution in [-0.4, -0.2) is 42.0 Å². The van der Waals surface area contributed by atoms with E-state index in [0.717, 1.165) is 32.1 Å². The minimum atomic E-state index is -4.29. The van der Waals surface area contributed by atoms with Crippen molar-refractivity contribution in [2.24, 2.45) is 5.92 Å². The summed E-state index contributed by atoms with van der Waals surface area (Å²) in [5.74, 6) is -0.535. The highest BCUT2D eigenvalue weighted by Crippen LogP contribution is 2.28. The lowest BCUT2D eigenvalue weighted by Crippen LogP contribution is -2.50. The van der Waals surface area contributed by atoms with Gasteiger partial charge in [0.2, 0.25) is 11.8 Å². The number of nitrogens with zero attached hydrogens (tertiary/aromatic N) is 1. The smallest absolute Gasteiger partial charge is 0.344 e. The van der Waals surface area contributed by atoms with E-state index in [1.54, 1.807) is 0 Å². The lowest BCUT2D eigenvalue weighted by molar-refractivity contribution is -0.146. The predicted molar refractivity (Wildman–Crippen MR) is 70.4 cm³/mol. The largest absolute Gasteiger partial charge is 0.390 e. The molecular weight excluding hydrogens is 285 g/mol. The zero-order valence-corrected chi connectivity index (χ0v) is 11.9. The normalized spacial score (nSPS) is 25.7. The van der Waals surface area contributed by atoms with Crippen molar-refractivity contribution in [2.45, 2.75) is 57.2 Å². The minimum Gasteiger partial charge on any atom is -0.344 e. The van der Waals surface area contributed by atoms with Crippen molar-refractivity contribution in [3.05, 3.63) is 0 Å². The Kier molecular flexibility index (Phi) is 5.11. The highest BCUT2D eigenvalue weighted by Gasteiger charge is 2.37. The van der Waals surface area contributed by atoms with Crippen LogP contribution in [0.5, 0.6) is 0 Å². The van der Waals surface area contributed by atoms with Gasteiger partial charge in [0.05, 0.1) is 6.42 Å². The Labute approximate surface area is 122 Å². The summed E-state index contributed by atoms with van der Waals surface area (Å²) in [6.45, 7) is -0.287. The fraction of sp³-hybridized carbons (Fsp3) is 0.857. The molecule has 1 heterocycles. The highest BCUT2D eigenvalue weighted by atomic mass is 19.4. The second-order valence-electron chi connectivity index (χ2n) is 5.88. The van der Waals surface area contributed by atoms with E-state index in [0.29, 0.717) is 0 Å². The first-order valence-corrected chi connectivity index (χ1v) is 7.52. The van der Waals surface area contributed by atoms with Crippen molar-refractivity contribution in [3.63, 3.8) is 0 Å². The average Bonchev–Trinajstić information content (AvgIpc) is 2.57. The summed E-state index contributed by atoms with van der Waals surface area (Å²) in [6.07, 6.45) is -0.405. The number of hydrogen-bond acceptors (Lipinski definition) is 2. The summed E-state index contributed by atoms with van der Waals surface area (Å²) in [4.78, 5) is 25.4. The van der Waals surface area contributed by atoms with Gasteiger partial charge in [-0.25, -0.2) is 0 Å². The molecule has 0 aromatic carbocycles. The van der Waals surface area contributed by atoms with Crippen LogP contribution in [0, 0.1) is 5.92 Å². The average molecular weight is 306 g/mol. The van der Waals surface area contributed by atoms with Gasteiger partial charge in [0.15, 0.2) is 0 Å². The van der Waals surface area contributed by atoms with E-state index >= 15 is 0 Å².